The number of nitriles is 1. The molecular weight excluding hydrogens is 215 g/mol. The van der Waals surface area contributed by atoms with E-state index in [9.17, 15) is 13.2 Å². The van der Waals surface area contributed by atoms with E-state index < -0.39 is 11.7 Å². The maximum atomic E-state index is 12.2. The van der Waals surface area contributed by atoms with Crippen molar-refractivity contribution >= 4 is 11.6 Å². The fourth-order valence-electron chi connectivity index (χ4n) is 0.959. The number of nitrogens with zero attached hydrogens (tertiary/aromatic N) is 1. The molecule has 0 amide bonds. The van der Waals surface area contributed by atoms with Gasteiger partial charge in [0.2, 0.25) is 0 Å². The zero-order valence-electron chi connectivity index (χ0n) is 7.11. The van der Waals surface area contributed by atoms with E-state index in [-0.39, 0.29) is 10.6 Å². The van der Waals surface area contributed by atoms with Crippen molar-refractivity contribution < 1.29 is 13.2 Å². The molecule has 0 spiro atoms. The standard InChI is InChI=1S/C9H5ClF3N/c1-5-6(4-14)2-7(3-8(5)10)9(11,12)13/h2-3H,1H3. The second kappa shape index (κ2) is 3.50. The summed E-state index contributed by atoms with van der Waals surface area (Å²) < 4.78 is 36.7. The molecule has 0 unspecified atom stereocenters. The maximum absolute atomic E-state index is 12.2. The van der Waals surface area contributed by atoms with Gasteiger partial charge in [-0.05, 0) is 24.6 Å². The Bertz CT molecular complexity index is 404. The normalized spacial score (nSPS) is 11.1. The van der Waals surface area contributed by atoms with Gasteiger partial charge < -0.3 is 0 Å². The highest BCUT2D eigenvalue weighted by Crippen LogP contribution is 2.33. The van der Waals surface area contributed by atoms with Crippen LogP contribution in [0.15, 0.2) is 12.1 Å². The zero-order chi connectivity index (χ0) is 10.9. The molecule has 5 heteroatoms. The van der Waals surface area contributed by atoms with E-state index in [1.54, 1.807) is 6.07 Å². The predicted molar refractivity (Wildman–Crippen MR) is 45.9 cm³/mol. The minimum atomic E-state index is -4.47. The Balaban J connectivity index is 3.40. The van der Waals surface area contributed by atoms with Crippen molar-refractivity contribution in [2.24, 2.45) is 0 Å². The van der Waals surface area contributed by atoms with Crippen LogP contribution in [0.25, 0.3) is 0 Å². The van der Waals surface area contributed by atoms with E-state index in [1.165, 1.54) is 6.92 Å². The molecule has 0 bridgehead atoms. The summed E-state index contributed by atoms with van der Waals surface area (Å²) in [7, 11) is 0. The van der Waals surface area contributed by atoms with Crippen molar-refractivity contribution in [3.63, 3.8) is 0 Å². The second-order valence-electron chi connectivity index (χ2n) is 2.74. The number of rotatable bonds is 0. The summed E-state index contributed by atoms with van der Waals surface area (Å²) in [6, 6.07) is 3.27. The third kappa shape index (κ3) is 1.99. The highest BCUT2D eigenvalue weighted by Gasteiger charge is 2.31. The van der Waals surface area contributed by atoms with Gasteiger partial charge in [-0.2, -0.15) is 18.4 Å². The summed E-state index contributed by atoms with van der Waals surface area (Å²) in [4.78, 5) is 0. The summed E-state index contributed by atoms with van der Waals surface area (Å²) in [5.74, 6) is 0. The summed E-state index contributed by atoms with van der Waals surface area (Å²) in [6.45, 7) is 1.50. The molecule has 74 valence electrons. The Morgan fingerprint density at radius 3 is 2.36 bits per heavy atom. The van der Waals surface area contributed by atoms with Crippen molar-refractivity contribution in [3.05, 3.63) is 33.8 Å². The van der Waals surface area contributed by atoms with E-state index >= 15 is 0 Å². The molecule has 0 aliphatic rings. The van der Waals surface area contributed by atoms with E-state index in [0.29, 0.717) is 5.56 Å². The summed E-state index contributed by atoms with van der Waals surface area (Å²) in [5, 5.41) is 8.51. The first kappa shape index (κ1) is 10.9. The van der Waals surface area contributed by atoms with E-state index in [0.717, 1.165) is 12.1 Å². The minimum absolute atomic E-state index is 0.0450. The van der Waals surface area contributed by atoms with Crippen LogP contribution in [-0.4, -0.2) is 0 Å². The van der Waals surface area contributed by atoms with Crippen LogP contribution in [0, 0.1) is 18.3 Å². The van der Waals surface area contributed by atoms with Crippen LogP contribution >= 0.6 is 11.6 Å². The van der Waals surface area contributed by atoms with Crippen molar-refractivity contribution in [2.45, 2.75) is 13.1 Å². The summed E-state index contributed by atoms with van der Waals surface area (Å²) >= 11 is 5.55. The molecule has 0 N–H and O–H groups in total. The van der Waals surface area contributed by atoms with E-state index in [4.69, 9.17) is 16.9 Å². The van der Waals surface area contributed by atoms with Gasteiger partial charge in [-0.3, -0.25) is 0 Å². The predicted octanol–water partition coefficient (Wildman–Crippen LogP) is 3.54. The van der Waals surface area contributed by atoms with Crippen molar-refractivity contribution in [2.75, 3.05) is 0 Å². The van der Waals surface area contributed by atoms with Gasteiger partial charge in [0.25, 0.3) is 0 Å². The monoisotopic (exact) mass is 219 g/mol. The first-order valence-corrected chi connectivity index (χ1v) is 4.01. The van der Waals surface area contributed by atoms with Crippen LogP contribution in [0.5, 0.6) is 0 Å². The molecule has 0 fully saturated rings. The molecule has 0 radical (unpaired) electrons. The van der Waals surface area contributed by atoms with Crippen molar-refractivity contribution in [3.8, 4) is 6.07 Å². The fraction of sp³-hybridized carbons (Fsp3) is 0.222. The lowest BCUT2D eigenvalue weighted by atomic mass is 10.1. The van der Waals surface area contributed by atoms with Crippen LogP contribution in [-0.2, 0) is 6.18 Å². The SMILES string of the molecule is Cc1c(Cl)cc(C(F)(F)F)cc1C#N. The maximum Gasteiger partial charge on any atom is 0.416 e. The fourth-order valence-corrected chi connectivity index (χ4v) is 1.18. The van der Waals surface area contributed by atoms with Gasteiger partial charge in [0.15, 0.2) is 0 Å². The van der Waals surface area contributed by atoms with Gasteiger partial charge in [-0.1, -0.05) is 11.6 Å². The highest BCUT2D eigenvalue weighted by atomic mass is 35.5. The molecule has 0 heterocycles. The second-order valence-corrected chi connectivity index (χ2v) is 3.15. The van der Waals surface area contributed by atoms with Gasteiger partial charge in [0.05, 0.1) is 17.2 Å². The molecule has 0 aliphatic heterocycles. The molecule has 0 aliphatic carbocycles. The van der Waals surface area contributed by atoms with Gasteiger partial charge in [0, 0.05) is 5.02 Å². The van der Waals surface area contributed by atoms with Crippen LogP contribution < -0.4 is 0 Å². The molecule has 1 nitrogen and oxygen atoms in total. The summed E-state index contributed by atoms with van der Waals surface area (Å²) in [5.41, 5.74) is -0.586. The molecule has 1 aromatic carbocycles. The average Bonchev–Trinajstić information content (AvgIpc) is 2.07. The van der Waals surface area contributed by atoms with Crippen LogP contribution in [0.3, 0.4) is 0 Å². The highest BCUT2D eigenvalue weighted by molar-refractivity contribution is 6.31. The van der Waals surface area contributed by atoms with Crippen LogP contribution in [0.1, 0.15) is 16.7 Å². The molecule has 0 saturated heterocycles. The topological polar surface area (TPSA) is 23.8 Å². The number of hydrogen-bond donors (Lipinski definition) is 0. The van der Waals surface area contributed by atoms with Crippen molar-refractivity contribution in [1.29, 1.82) is 5.26 Å². The third-order valence-corrected chi connectivity index (χ3v) is 2.18. The van der Waals surface area contributed by atoms with E-state index in [2.05, 4.69) is 0 Å². The lowest BCUT2D eigenvalue weighted by molar-refractivity contribution is -0.137. The quantitative estimate of drug-likeness (QED) is 0.655. The first-order chi connectivity index (χ1) is 6.36. The first-order valence-electron chi connectivity index (χ1n) is 3.63. The smallest absolute Gasteiger partial charge is 0.192 e. The molecule has 0 saturated carbocycles. The molecule has 0 atom stereocenters. The largest absolute Gasteiger partial charge is 0.416 e. The van der Waals surface area contributed by atoms with E-state index in [1.807, 2.05) is 0 Å². The Morgan fingerprint density at radius 1 is 1.36 bits per heavy atom. The average molecular weight is 220 g/mol. The number of halogens is 4. The molecule has 1 aromatic rings. The summed E-state index contributed by atoms with van der Waals surface area (Å²) in [6.07, 6.45) is -4.47. The lowest BCUT2D eigenvalue weighted by Crippen LogP contribution is -2.05. The van der Waals surface area contributed by atoms with Crippen LogP contribution in [0.2, 0.25) is 5.02 Å². The van der Waals surface area contributed by atoms with Gasteiger partial charge in [-0.15, -0.1) is 0 Å². The van der Waals surface area contributed by atoms with Gasteiger partial charge in [0.1, 0.15) is 0 Å². The minimum Gasteiger partial charge on any atom is -0.192 e. The third-order valence-electron chi connectivity index (χ3n) is 1.79. The number of alkyl halides is 3. The van der Waals surface area contributed by atoms with Gasteiger partial charge in [-0.25, -0.2) is 0 Å². The van der Waals surface area contributed by atoms with Gasteiger partial charge >= 0.3 is 6.18 Å². The Kier molecular flexibility index (Phi) is 2.72. The molecule has 14 heavy (non-hydrogen) atoms. The zero-order valence-corrected chi connectivity index (χ0v) is 7.87. The van der Waals surface area contributed by atoms with Crippen molar-refractivity contribution in [1.82, 2.24) is 0 Å². The number of hydrogen-bond acceptors (Lipinski definition) is 1. The molecule has 0 aromatic heterocycles. The Labute approximate surface area is 83.7 Å². The Hall–Kier alpha value is -1.21. The lowest BCUT2D eigenvalue weighted by Gasteiger charge is -2.09. The Morgan fingerprint density at radius 2 is 1.93 bits per heavy atom. The van der Waals surface area contributed by atoms with Crippen LogP contribution in [0.4, 0.5) is 13.2 Å². The molecular formula is C9H5ClF3N. The number of benzene rings is 1. The molecule has 1 rings (SSSR count).